The molecule has 0 radical (unpaired) electrons. The van der Waals surface area contributed by atoms with Gasteiger partial charge in [-0.25, -0.2) is 0 Å². The van der Waals surface area contributed by atoms with Gasteiger partial charge in [-0.3, -0.25) is 0 Å². The van der Waals surface area contributed by atoms with Crippen molar-refractivity contribution >= 4 is 0 Å². The van der Waals surface area contributed by atoms with Crippen LogP contribution < -0.4 is 11.1 Å². The summed E-state index contributed by atoms with van der Waals surface area (Å²) in [7, 11) is 1.97. The minimum absolute atomic E-state index is 0.0743. The monoisotopic (exact) mass is 520 g/mol. The molecule has 2 aliphatic heterocycles. The van der Waals surface area contributed by atoms with Crippen LogP contribution in [-0.2, 0) is 24.1 Å². The molecule has 3 saturated carbocycles. The molecular weight excluding hydrogens is 472 g/mol. The van der Waals surface area contributed by atoms with E-state index in [1.54, 1.807) is 0 Å². The van der Waals surface area contributed by atoms with E-state index in [2.05, 4.69) is 24.1 Å². The van der Waals surface area contributed by atoms with Crippen LogP contribution in [-0.4, -0.2) is 40.6 Å². The lowest BCUT2D eigenvalue weighted by Gasteiger charge is -2.70. The molecule has 4 aliphatic carbocycles. The molecule has 5 heteroatoms. The van der Waals surface area contributed by atoms with Crippen molar-refractivity contribution in [1.82, 2.24) is 5.32 Å². The van der Waals surface area contributed by atoms with E-state index in [4.69, 9.17) is 10.5 Å². The molecule has 7 rings (SSSR count). The highest BCUT2D eigenvalue weighted by atomic mass is 16.5. The lowest BCUT2D eigenvalue weighted by molar-refractivity contribution is -0.326. The number of phenols is 1. The van der Waals surface area contributed by atoms with Crippen LogP contribution in [0.3, 0.4) is 0 Å². The molecule has 1 aromatic rings. The van der Waals surface area contributed by atoms with Gasteiger partial charge in [0.15, 0.2) is 0 Å². The number of rotatable bonds is 5. The van der Waals surface area contributed by atoms with Crippen molar-refractivity contribution in [2.75, 3.05) is 13.7 Å². The van der Waals surface area contributed by atoms with Crippen molar-refractivity contribution < 1.29 is 14.9 Å². The third-order valence-corrected chi connectivity index (χ3v) is 11.6. The zero-order valence-corrected chi connectivity index (χ0v) is 23.5. The second-order valence-electron chi connectivity index (χ2n) is 13.5. The van der Waals surface area contributed by atoms with Crippen LogP contribution in [0.4, 0.5) is 0 Å². The molecule has 1 aromatic carbocycles. The van der Waals surface area contributed by atoms with Gasteiger partial charge in [0.2, 0.25) is 0 Å². The van der Waals surface area contributed by atoms with E-state index >= 15 is 0 Å². The topological polar surface area (TPSA) is 87.7 Å². The zero-order chi connectivity index (χ0) is 26.5. The van der Waals surface area contributed by atoms with Gasteiger partial charge in [0, 0.05) is 31.0 Å². The summed E-state index contributed by atoms with van der Waals surface area (Å²) in [5.41, 5.74) is 10.2. The lowest BCUT2D eigenvalue weighted by Crippen LogP contribution is -2.78. The number of benzene rings is 1. The maximum absolute atomic E-state index is 10.6. The maximum atomic E-state index is 10.6. The standard InChI is InChI=1S/C33H48N2O3/c1-31(25-9-3-4-10-25)29-13-14-33(38-31)26-11-5-7-22(17-26)18-28-23(19-27(37)20-24(28)21-35-2)8-6-12-30(33)32(29,34)15-16-36/h19-20,22,25-26,29-30,35-37H,3-5,7-11,13-18,21,34H2,1-2H3. The number of nitrogens with two attached hydrogens (primary N) is 1. The summed E-state index contributed by atoms with van der Waals surface area (Å²) < 4.78 is 7.59. The van der Waals surface area contributed by atoms with E-state index < -0.39 is 5.54 Å². The number of hydrogen-bond donors (Lipinski definition) is 4. The van der Waals surface area contributed by atoms with Gasteiger partial charge in [0.1, 0.15) is 5.75 Å². The van der Waals surface area contributed by atoms with Crippen molar-refractivity contribution in [1.29, 1.82) is 0 Å². The molecule has 6 aliphatic rings. The van der Waals surface area contributed by atoms with Gasteiger partial charge < -0.3 is 26.0 Å². The van der Waals surface area contributed by atoms with Crippen LogP contribution in [0.25, 0.3) is 0 Å². The van der Waals surface area contributed by atoms with Crippen molar-refractivity contribution in [2.24, 2.45) is 35.3 Å². The third kappa shape index (κ3) is 4.14. The van der Waals surface area contributed by atoms with Gasteiger partial charge in [-0.05, 0) is 112 Å². The Morgan fingerprint density at radius 2 is 1.89 bits per heavy atom. The molecule has 5 N–H and O–H groups in total. The Labute approximate surface area is 229 Å². The summed E-state index contributed by atoms with van der Waals surface area (Å²) in [6.07, 6.45) is 14.2. The van der Waals surface area contributed by atoms with Gasteiger partial charge in [0.25, 0.3) is 0 Å². The summed E-state index contributed by atoms with van der Waals surface area (Å²) in [4.78, 5) is 0. The highest BCUT2D eigenvalue weighted by molar-refractivity contribution is 5.44. The molecule has 1 spiro atoms. The van der Waals surface area contributed by atoms with Crippen LogP contribution in [0.15, 0.2) is 12.1 Å². The fraction of sp³-hybridized carbons (Fsp3) is 0.758. The lowest BCUT2D eigenvalue weighted by atomic mass is 9.47. The average Bonchev–Trinajstić information content (AvgIpc) is 3.44. The van der Waals surface area contributed by atoms with Crippen molar-refractivity contribution in [3.8, 4) is 17.6 Å². The van der Waals surface area contributed by atoms with Gasteiger partial charge >= 0.3 is 0 Å². The minimum atomic E-state index is -0.546. The fourth-order valence-electron chi connectivity index (χ4n) is 10.0. The van der Waals surface area contributed by atoms with E-state index in [1.807, 2.05) is 19.2 Å². The van der Waals surface area contributed by atoms with Crippen LogP contribution in [0.1, 0.15) is 94.2 Å². The van der Waals surface area contributed by atoms with E-state index in [1.165, 1.54) is 56.1 Å². The smallest absolute Gasteiger partial charge is 0.116 e. The Morgan fingerprint density at radius 1 is 1.11 bits per heavy atom. The maximum Gasteiger partial charge on any atom is 0.116 e. The molecule has 0 aromatic heterocycles. The Balaban J connectivity index is 1.48. The number of aliphatic hydroxyl groups excluding tert-OH is 1. The first kappa shape index (κ1) is 26.6. The molecule has 2 saturated heterocycles. The van der Waals surface area contributed by atoms with Gasteiger partial charge in [0.05, 0.1) is 17.1 Å². The molecule has 38 heavy (non-hydrogen) atoms. The summed E-state index contributed by atoms with van der Waals surface area (Å²) in [6, 6.07) is 3.87. The number of phenolic OH excluding ortho intramolecular Hbond substituents is 1. The average molecular weight is 521 g/mol. The molecule has 7 unspecified atom stereocenters. The number of aromatic hydroxyl groups is 1. The SMILES string of the molecule is CNCc1cc(O)cc2c1CC1CCCC(C1)C13CCC(C(N)(CCO)C1C#CC2)C(C)(C1CCCC1)O3. The molecule has 4 bridgehead atoms. The number of hydrogen-bond acceptors (Lipinski definition) is 5. The largest absolute Gasteiger partial charge is 0.508 e. The molecule has 5 nitrogen and oxygen atoms in total. The van der Waals surface area contributed by atoms with Gasteiger partial charge in [-0.2, -0.15) is 0 Å². The molecule has 7 atom stereocenters. The predicted molar refractivity (Wildman–Crippen MR) is 151 cm³/mol. The Hall–Kier alpha value is -1.58. The van der Waals surface area contributed by atoms with E-state index in [-0.39, 0.29) is 29.6 Å². The van der Waals surface area contributed by atoms with Crippen LogP contribution in [0.5, 0.6) is 5.75 Å². The molecule has 2 heterocycles. The normalized spacial score (nSPS) is 40.5. The first-order valence-electron chi connectivity index (χ1n) is 15.4. The molecule has 5 fully saturated rings. The van der Waals surface area contributed by atoms with E-state index in [9.17, 15) is 10.2 Å². The van der Waals surface area contributed by atoms with Gasteiger partial charge in [-0.1, -0.05) is 37.5 Å². The fourth-order valence-corrected chi connectivity index (χ4v) is 10.0. The van der Waals surface area contributed by atoms with Crippen LogP contribution >= 0.6 is 0 Å². The summed E-state index contributed by atoms with van der Waals surface area (Å²) in [5, 5.41) is 24.2. The first-order chi connectivity index (χ1) is 18.3. The van der Waals surface area contributed by atoms with Crippen molar-refractivity contribution in [3.63, 3.8) is 0 Å². The molecule has 0 amide bonds. The minimum Gasteiger partial charge on any atom is -0.508 e. The van der Waals surface area contributed by atoms with Crippen molar-refractivity contribution in [2.45, 2.75) is 114 Å². The molecule has 208 valence electrons. The quantitative estimate of drug-likeness (QED) is 0.417. The second kappa shape index (κ2) is 10.1. The van der Waals surface area contributed by atoms with Crippen LogP contribution in [0, 0.1) is 41.4 Å². The summed E-state index contributed by atoms with van der Waals surface area (Å²) >= 11 is 0. The summed E-state index contributed by atoms with van der Waals surface area (Å²) in [5.74, 6) is 9.38. The number of fused-ring (bicyclic) bond motifs is 5. The van der Waals surface area contributed by atoms with E-state index in [0.717, 1.165) is 37.8 Å². The van der Waals surface area contributed by atoms with Crippen LogP contribution in [0.2, 0.25) is 0 Å². The van der Waals surface area contributed by atoms with Crippen molar-refractivity contribution in [3.05, 3.63) is 28.8 Å². The Kier molecular flexibility index (Phi) is 7.09. The highest BCUT2D eigenvalue weighted by Crippen LogP contribution is 2.65. The first-order valence-corrected chi connectivity index (χ1v) is 15.4. The number of aliphatic hydroxyl groups is 1. The summed E-state index contributed by atoms with van der Waals surface area (Å²) in [6.45, 7) is 3.23. The Bertz CT molecular complexity index is 1100. The second-order valence-corrected chi connectivity index (χ2v) is 13.5. The molecular formula is C33H48N2O3. The third-order valence-electron chi connectivity index (χ3n) is 11.6. The Morgan fingerprint density at radius 3 is 2.66 bits per heavy atom. The number of nitrogens with one attached hydrogen (secondary N) is 1. The number of ether oxygens (including phenoxy) is 1. The zero-order valence-electron chi connectivity index (χ0n) is 23.5. The van der Waals surface area contributed by atoms with Gasteiger partial charge in [-0.15, -0.1) is 0 Å². The predicted octanol–water partition coefficient (Wildman–Crippen LogP) is 4.84. The highest BCUT2D eigenvalue weighted by Gasteiger charge is 2.70. The van der Waals surface area contributed by atoms with E-state index in [0.29, 0.717) is 36.3 Å².